The SMILES string of the molecule is CC.OCCCOc1ccc(Cc2ccc(OCCCCl)c(F)c2)cc1. The fourth-order valence-electron chi connectivity index (χ4n) is 2.20. The predicted octanol–water partition coefficient (Wildman–Crippen LogP) is 5.21. The number of aliphatic hydroxyl groups is 1. The molecule has 0 aliphatic carbocycles. The van der Waals surface area contributed by atoms with Gasteiger partial charge in [0, 0.05) is 18.9 Å². The van der Waals surface area contributed by atoms with Crippen molar-refractivity contribution < 1.29 is 19.0 Å². The summed E-state index contributed by atoms with van der Waals surface area (Å²) in [5, 5.41) is 8.73. The molecule has 0 atom stereocenters. The molecule has 1 N–H and O–H groups in total. The van der Waals surface area contributed by atoms with Crippen LogP contribution in [0.3, 0.4) is 0 Å². The van der Waals surface area contributed by atoms with E-state index >= 15 is 0 Å². The topological polar surface area (TPSA) is 38.7 Å². The van der Waals surface area contributed by atoms with Crippen LogP contribution in [0.4, 0.5) is 4.39 Å². The summed E-state index contributed by atoms with van der Waals surface area (Å²) in [6.07, 6.45) is 1.94. The minimum absolute atomic E-state index is 0.120. The average Bonchev–Trinajstić information content (AvgIpc) is 2.67. The highest BCUT2D eigenvalue weighted by Crippen LogP contribution is 2.21. The molecule has 3 nitrogen and oxygen atoms in total. The molecule has 0 spiro atoms. The molecular weight excluding hydrogens is 355 g/mol. The van der Waals surface area contributed by atoms with E-state index in [9.17, 15) is 4.39 Å². The van der Waals surface area contributed by atoms with Gasteiger partial charge in [0.1, 0.15) is 5.75 Å². The first-order valence-electron chi connectivity index (χ1n) is 9.02. The Labute approximate surface area is 160 Å². The van der Waals surface area contributed by atoms with Crippen LogP contribution in [0.25, 0.3) is 0 Å². The molecule has 2 aromatic rings. The van der Waals surface area contributed by atoms with Crippen LogP contribution in [0.2, 0.25) is 0 Å². The Kier molecular flexibility index (Phi) is 11.5. The van der Waals surface area contributed by atoms with E-state index in [1.54, 1.807) is 6.07 Å². The normalized spacial score (nSPS) is 10.0. The molecule has 2 rings (SSSR count). The van der Waals surface area contributed by atoms with Crippen molar-refractivity contribution in [3.05, 3.63) is 59.4 Å². The maximum Gasteiger partial charge on any atom is 0.165 e. The lowest BCUT2D eigenvalue weighted by Gasteiger charge is -2.09. The van der Waals surface area contributed by atoms with E-state index in [0.29, 0.717) is 38.4 Å². The standard InChI is InChI=1S/C19H22ClFO3.C2H6/c20-9-1-11-24-19-8-5-16(14-18(19)21)13-15-3-6-17(7-4-15)23-12-2-10-22;1-2/h3-8,14,22H,1-2,9-13H2;1-2H3. The van der Waals surface area contributed by atoms with Crippen LogP contribution >= 0.6 is 11.6 Å². The number of hydrogen-bond acceptors (Lipinski definition) is 3. The maximum atomic E-state index is 14.0. The monoisotopic (exact) mass is 382 g/mol. The maximum absolute atomic E-state index is 14.0. The van der Waals surface area contributed by atoms with E-state index in [-0.39, 0.29) is 18.2 Å². The first-order chi connectivity index (χ1) is 12.7. The molecular formula is C21H28ClFO3. The van der Waals surface area contributed by atoms with Crippen LogP contribution in [-0.2, 0) is 6.42 Å². The van der Waals surface area contributed by atoms with Gasteiger partial charge in [-0.2, -0.15) is 0 Å². The smallest absolute Gasteiger partial charge is 0.165 e. The van der Waals surface area contributed by atoms with Crippen molar-refractivity contribution in [3.63, 3.8) is 0 Å². The Balaban J connectivity index is 0.00000163. The fraction of sp³-hybridized carbons (Fsp3) is 0.429. The Morgan fingerprint density at radius 2 is 1.58 bits per heavy atom. The third-order valence-electron chi connectivity index (χ3n) is 3.43. The van der Waals surface area contributed by atoms with Gasteiger partial charge in [-0.3, -0.25) is 0 Å². The number of halogens is 2. The number of hydrogen-bond donors (Lipinski definition) is 1. The fourth-order valence-corrected chi connectivity index (χ4v) is 2.31. The van der Waals surface area contributed by atoms with E-state index in [2.05, 4.69) is 0 Å². The van der Waals surface area contributed by atoms with Crippen LogP contribution in [0, 0.1) is 5.82 Å². The molecule has 0 aromatic heterocycles. The summed E-state index contributed by atoms with van der Waals surface area (Å²) < 4.78 is 24.9. The molecule has 0 bridgehead atoms. The van der Waals surface area contributed by atoms with Gasteiger partial charge in [0.2, 0.25) is 0 Å². The van der Waals surface area contributed by atoms with Crippen molar-refractivity contribution in [1.82, 2.24) is 0 Å². The van der Waals surface area contributed by atoms with E-state index in [1.807, 2.05) is 44.2 Å². The van der Waals surface area contributed by atoms with Gasteiger partial charge < -0.3 is 14.6 Å². The molecule has 0 aliphatic rings. The van der Waals surface area contributed by atoms with Crippen LogP contribution in [0.15, 0.2) is 42.5 Å². The van der Waals surface area contributed by atoms with Crippen LogP contribution in [0.5, 0.6) is 11.5 Å². The van der Waals surface area contributed by atoms with Gasteiger partial charge in [-0.25, -0.2) is 4.39 Å². The number of benzene rings is 2. The zero-order valence-corrected chi connectivity index (χ0v) is 16.3. The Morgan fingerprint density at radius 1 is 0.923 bits per heavy atom. The van der Waals surface area contributed by atoms with Gasteiger partial charge in [-0.15, -0.1) is 11.6 Å². The molecule has 144 valence electrons. The molecule has 0 saturated carbocycles. The third-order valence-corrected chi connectivity index (χ3v) is 3.70. The Hall–Kier alpha value is -1.78. The predicted molar refractivity (Wildman–Crippen MR) is 105 cm³/mol. The second-order valence-corrected chi connectivity index (χ2v) is 5.78. The zero-order chi connectivity index (χ0) is 19.2. The van der Waals surface area contributed by atoms with Crippen molar-refractivity contribution >= 4 is 11.6 Å². The number of alkyl halides is 1. The highest BCUT2D eigenvalue weighted by molar-refractivity contribution is 6.17. The molecule has 0 radical (unpaired) electrons. The van der Waals surface area contributed by atoms with Gasteiger partial charge in [-0.05, 0) is 48.2 Å². The minimum Gasteiger partial charge on any atom is -0.494 e. The van der Waals surface area contributed by atoms with Crippen LogP contribution in [0.1, 0.15) is 37.8 Å². The lowest BCUT2D eigenvalue weighted by atomic mass is 10.0. The van der Waals surface area contributed by atoms with Crippen molar-refractivity contribution in [2.75, 3.05) is 25.7 Å². The summed E-state index contributed by atoms with van der Waals surface area (Å²) in [6, 6.07) is 12.7. The molecule has 0 amide bonds. The summed E-state index contributed by atoms with van der Waals surface area (Å²) in [7, 11) is 0. The van der Waals surface area contributed by atoms with Crippen molar-refractivity contribution in [2.24, 2.45) is 0 Å². The largest absolute Gasteiger partial charge is 0.494 e. The highest BCUT2D eigenvalue weighted by Gasteiger charge is 2.06. The van der Waals surface area contributed by atoms with Gasteiger partial charge >= 0.3 is 0 Å². The second kappa shape index (κ2) is 13.4. The van der Waals surface area contributed by atoms with E-state index in [4.69, 9.17) is 26.2 Å². The highest BCUT2D eigenvalue weighted by atomic mass is 35.5. The molecule has 0 aliphatic heterocycles. The van der Waals surface area contributed by atoms with Crippen LogP contribution in [-0.4, -0.2) is 30.8 Å². The van der Waals surface area contributed by atoms with Crippen molar-refractivity contribution in [2.45, 2.75) is 33.1 Å². The first-order valence-corrected chi connectivity index (χ1v) is 9.56. The molecule has 2 aromatic carbocycles. The summed E-state index contributed by atoms with van der Waals surface area (Å²) in [4.78, 5) is 0. The molecule has 26 heavy (non-hydrogen) atoms. The van der Waals surface area contributed by atoms with E-state index in [0.717, 1.165) is 16.9 Å². The molecule has 0 saturated heterocycles. The van der Waals surface area contributed by atoms with Gasteiger partial charge in [-0.1, -0.05) is 32.0 Å². The van der Waals surface area contributed by atoms with E-state index in [1.165, 1.54) is 6.07 Å². The summed E-state index contributed by atoms with van der Waals surface area (Å²) >= 11 is 5.58. The van der Waals surface area contributed by atoms with Crippen molar-refractivity contribution in [1.29, 1.82) is 0 Å². The molecule has 5 heteroatoms. The Bertz CT molecular complexity index is 617. The zero-order valence-electron chi connectivity index (χ0n) is 15.5. The first kappa shape index (κ1) is 22.3. The van der Waals surface area contributed by atoms with Gasteiger partial charge in [0.05, 0.1) is 13.2 Å². The summed E-state index contributed by atoms with van der Waals surface area (Å²) in [6.45, 7) is 5.03. The number of aliphatic hydroxyl groups excluding tert-OH is 1. The third kappa shape index (κ3) is 8.07. The van der Waals surface area contributed by atoms with Crippen molar-refractivity contribution in [3.8, 4) is 11.5 Å². The van der Waals surface area contributed by atoms with E-state index < -0.39 is 0 Å². The number of rotatable bonds is 10. The lowest BCUT2D eigenvalue weighted by molar-refractivity contribution is 0.233. The molecule has 0 fully saturated rings. The average molecular weight is 383 g/mol. The number of ether oxygens (including phenoxy) is 2. The minimum atomic E-state index is -0.356. The molecule has 0 unspecified atom stereocenters. The van der Waals surface area contributed by atoms with Gasteiger partial charge in [0.15, 0.2) is 11.6 Å². The molecule has 0 heterocycles. The second-order valence-electron chi connectivity index (χ2n) is 5.40. The van der Waals surface area contributed by atoms with Gasteiger partial charge in [0.25, 0.3) is 0 Å². The quantitative estimate of drug-likeness (QED) is 0.452. The lowest BCUT2D eigenvalue weighted by Crippen LogP contribution is -2.01. The van der Waals surface area contributed by atoms with Crippen LogP contribution < -0.4 is 9.47 Å². The summed E-state index contributed by atoms with van der Waals surface area (Å²) in [5.41, 5.74) is 1.95. The summed E-state index contributed by atoms with van der Waals surface area (Å²) in [5.74, 6) is 1.17. The Morgan fingerprint density at radius 3 is 2.19 bits per heavy atom.